The number of anilines is 2. The molecule has 3 aromatic carbocycles. The van der Waals surface area contributed by atoms with Crippen molar-refractivity contribution in [3.05, 3.63) is 107 Å². The third-order valence-corrected chi connectivity index (χ3v) is 8.22. The first kappa shape index (κ1) is 29.5. The number of amides is 3. The van der Waals surface area contributed by atoms with Gasteiger partial charge >= 0.3 is 0 Å². The Balaban J connectivity index is 1.31. The Labute approximate surface area is 250 Å². The van der Waals surface area contributed by atoms with Crippen LogP contribution in [0.25, 0.3) is 0 Å². The molecule has 3 amide bonds. The quantitative estimate of drug-likeness (QED) is 0.256. The molecule has 0 bridgehead atoms. The molecule has 2 N–H and O–H groups in total. The van der Waals surface area contributed by atoms with E-state index < -0.39 is 17.4 Å². The van der Waals surface area contributed by atoms with Crippen LogP contribution in [0.4, 0.5) is 11.4 Å². The highest BCUT2D eigenvalue weighted by Crippen LogP contribution is 2.46. The van der Waals surface area contributed by atoms with Gasteiger partial charge in [0, 0.05) is 54.7 Å². The molecule has 0 aromatic heterocycles. The SMILES string of the molecule is C[C@H](/C=C/CC(=O)N(CCO)Cc1ccccc1)[C@@]1(O)C(=O)N(Cc2ccc(N3CCC3=O)cc2)c2ccc(Cl)cc21. The van der Waals surface area contributed by atoms with Gasteiger partial charge in [-0.05, 0) is 41.5 Å². The summed E-state index contributed by atoms with van der Waals surface area (Å²) in [7, 11) is 0. The minimum absolute atomic E-state index is 0.0550. The van der Waals surface area contributed by atoms with E-state index in [4.69, 9.17) is 11.6 Å². The zero-order valence-electron chi connectivity index (χ0n) is 23.4. The molecule has 0 saturated carbocycles. The zero-order valence-corrected chi connectivity index (χ0v) is 24.2. The van der Waals surface area contributed by atoms with E-state index in [1.807, 2.05) is 54.6 Å². The van der Waals surface area contributed by atoms with E-state index in [1.165, 1.54) is 0 Å². The smallest absolute Gasteiger partial charge is 0.264 e. The number of rotatable bonds is 11. The van der Waals surface area contributed by atoms with Crippen LogP contribution in [-0.4, -0.2) is 52.5 Å². The normalized spacial score (nSPS) is 18.8. The lowest BCUT2D eigenvalue weighted by atomic mass is 9.83. The fourth-order valence-corrected chi connectivity index (χ4v) is 5.66. The number of β-lactam (4-membered cyclic amide) rings is 1. The first-order valence-electron chi connectivity index (χ1n) is 14.0. The van der Waals surface area contributed by atoms with Crippen molar-refractivity contribution in [1.29, 1.82) is 0 Å². The first-order chi connectivity index (χ1) is 20.2. The van der Waals surface area contributed by atoms with Crippen molar-refractivity contribution in [3.63, 3.8) is 0 Å². The number of hydrogen-bond donors (Lipinski definition) is 2. The van der Waals surface area contributed by atoms with Crippen LogP contribution in [-0.2, 0) is 33.1 Å². The molecule has 42 heavy (non-hydrogen) atoms. The van der Waals surface area contributed by atoms with E-state index in [9.17, 15) is 24.6 Å². The number of hydrogen-bond acceptors (Lipinski definition) is 5. The molecule has 1 saturated heterocycles. The first-order valence-corrected chi connectivity index (χ1v) is 14.4. The van der Waals surface area contributed by atoms with Crippen molar-refractivity contribution in [2.24, 2.45) is 5.92 Å². The summed E-state index contributed by atoms with van der Waals surface area (Å²) >= 11 is 6.30. The lowest BCUT2D eigenvalue weighted by Gasteiger charge is -2.31. The zero-order chi connectivity index (χ0) is 29.9. The van der Waals surface area contributed by atoms with Crippen molar-refractivity contribution < 1.29 is 24.6 Å². The molecule has 0 spiro atoms. The Morgan fingerprint density at radius 3 is 2.45 bits per heavy atom. The van der Waals surface area contributed by atoms with Crippen LogP contribution in [0.15, 0.2) is 84.9 Å². The number of fused-ring (bicyclic) bond motifs is 1. The highest BCUT2D eigenvalue weighted by molar-refractivity contribution is 6.31. The number of carbonyl (C=O) groups excluding carboxylic acids is 3. The van der Waals surface area contributed by atoms with Crippen LogP contribution in [0.2, 0.25) is 5.02 Å². The summed E-state index contributed by atoms with van der Waals surface area (Å²) in [6.45, 7) is 3.10. The molecular formula is C33H34ClN3O5. The Hall–Kier alpha value is -3.98. The second-order valence-corrected chi connectivity index (χ2v) is 11.2. The standard InChI is InChI=1S/C33H34ClN3O5/c1-23(6-5-9-30(39)35(18-19-38)21-24-7-3-2-4-8-24)33(42)28-20-26(34)12-15-29(28)37(32(33)41)22-25-10-13-27(14-11-25)36-17-16-31(36)40/h2-8,10-15,20,23,38,42H,9,16-19,21-22H2,1H3/b6-5+/t23-,33+/m1/s1. The minimum Gasteiger partial charge on any atom is -0.395 e. The van der Waals surface area contributed by atoms with Crippen LogP contribution < -0.4 is 9.80 Å². The Kier molecular flexibility index (Phi) is 8.77. The van der Waals surface area contributed by atoms with Gasteiger partial charge < -0.3 is 24.9 Å². The topological polar surface area (TPSA) is 101 Å². The van der Waals surface area contributed by atoms with E-state index in [1.54, 1.807) is 52.0 Å². The highest BCUT2D eigenvalue weighted by atomic mass is 35.5. The lowest BCUT2D eigenvalue weighted by molar-refractivity contribution is -0.139. The fourth-order valence-electron chi connectivity index (χ4n) is 5.49. The molecule has 1 fully saturated rings. The number of aliphatic hydroxyl groups excluding tert-OH is 1. The van der Waals surface area contributed by atoms with Crippen LogP contribution in [0.1, 0.15) is 36.5 Å². The van der Waals surface area contributed by atoms with Crippen LogP contribution in [0.3, 0.4) is 0 Å². The van der Waals surface area contributed by atoms with Crippen molar-refractivity contribution in [3.8, 4) is 0 Å². The van der Waals surface area contributed by atoms with Crippen molar-refractivity contribution in [2.45, 2.75) is 38.5 Å². The van der Waals surface area contributed by atoms with Crippen molar-refractivity contribution in [2.75, 3.05) is 29.5 Å². The Bertz CT molecular complexity index is 1490. The molecule has 9 heteroatoms. The van der Waals surface area contributed by atoms with Gasteiger partial charge in [-0.25, -0.2) is 0 Å². The van der Waals surface area contributed by atoms with E-state index in [-0.39, 0.29) is 37.9 Å². The third kappa shape index (κ3) is 5.83. The predicted molar refractivity (Wildman–Crippen MR) is 162 cm³/mol. The summed E-state index contributed by atoms with van der Waals surface area (Å²) in [5.74, 6) is -1.22. The summed E-state index contributed by atoms with van der Waals surface area (Å²) in [6, 6.07) is 22.1. The summed E-state index contributed by atoms with van der Waals surface area (Å²) in [5, 5.41) is 21.8. The molecule has 8 nitrogen and oxygen atoms in total. The van der Waals surface area contributed by atoms with Crippen LogP contribution in [0.5, 0.6) is 0 Å². The maximum Gasteiger partial charge on any atom is 0.264 e. The minimum atomic E-state index is -1.88. The lowest BCUT2D eigenvalue weighted by Crippen LogP contribution is -2.44. The van der Waals surface area contributed by atoms with E-state index in [2.05, 4.69) is 0 Å². The molecule has 2 heterocycles. The van der Waals surface area contributed by atoms with Gasteiger partial charge in [-0.1, -0.05) is 73.1 Å². The number of halogens is 1. The molecule has 2 aliphatic heterocycles. The number of nitrogens with zero attached hydrogens (tertiary/aromatic N) is 3. The number of aliphatic hydroxyl groups is 2. The Morgan fingerprint density at radius 1 is 1.07 bits per heavy atom. The second kappa shape index (κ2) is 12.5. The highest BCUT2D eigenvalue weighted by Gasteiger charge is 2.52. The molecule has 218 valence electrons. The summed E-state index contributed by atoms with van der Waals surface area (Å²) in [5.41, 5.74) is 1.74. The molecule has 2 aliphatic rings. The van der Waals surface area contributed by atoms with E-state index in [0.29, 0.717) is 35.8 Å². The summed E-state index contributed by atoms with van der Waals surface area (Å²) in [4.78, 5) is 43.5. The summed E-state index contributed by atoms with van der Waals surface area (Å²) in [6.07, 6.45) is 3.95. The Morgan fingerprint density at radius 2 is 1.81 bits per heavy atom. The maximum atomic E-state index is 13.9. The molecular weight excluding hydrogens is 554 g/mol. The largest absolute Gasteiger partial charge is 0.395 e. The van der Waals surface area contributed by atoms with Gasteiger partial charge in [-0.3, -0.25) is 14.4 Å². The number of carbonyl (C=O) groups is 3. The maximum absolute atomic E-state index is 13.9. The van der Waals surface area contributed by atoms with Gasteiger partial charge in [0.15, 0.2) is 5.60 Å². The van der Waals surface area contributed by atoms with Gasteiger partial charge in [-0.15, -0.1) is 0 Å². The molecule has 2 atom stereocenters. The van der Waals surface area contributed by atoms with Gasteiger partial charge in [0.25, 0.3) is 5.91 Å². The van der Waals surface area contributed by atoms with Crippen LogP contribution in [0, 0.1) is 5.92 Å². The van der Waals surface area contributed by atoms with Crippen molar-refractivity contribution in [1.82, 2.24) is 4.90 Å². The third-order valence-electron chi connectivity index (χ3n) is 7.99. The van der Waals surface area contributed by atoms with Gasteiger partial charge in [0.1, 0.15) is 0 Å². The van der Waals surface area contributed by atoms with E-state index >= 15 is 0 Å². The summed E-state index contributed by atoms with van der Waals surface area (Å²) < 4.78 is 0. The van der Waals surface area contributed by atoms with Gasteiger partial charge in [0.05, 0.1) is 18.8 Å². The molecule has 0 aliphatic carbocycles. The molecule has 3 aromatic rings. The predicted octanol–water partition coefficient (Wildman–Crippen LogP) is 4.41. The van der Waals surface area contributed by atoms with E-state index in [0.717, 1.165) is 16.8 Å². The van der Waals surface area contributed by atoms with Gasteiger partial charge in [0.2, 0.25) is 11.8 Å². The molecule has 0 unspecified atom stereocenters. The van der Waals surface area contributed by atoms with Gasteiger partial charge in [-0.2, -0.15) is 0 Å². The number of benzene rings is 3. The van der Waals surface area contributed by atoms with Crippen molar-refractivity contribution >= 4 is 40.7 Å². The average molecular weight is 588 g/mol. The fraction of sp³-hybridized carbons (Fsp3) is 0.303. The average Bonchev–Trinajstić information content (AvgIpc) is 3.19. The monoisotopic (exact) mass is 587 g/mol. The second-order valence-electron chi connectivity index (χ2n) is 10.7. The molecule has 5 rings (SSSR count). The molecule has 0 radical (unpaired) electrons. The van der Waals surface area contributed by atoms with Crippen LogP contribution >= 0.6 is 11.6 Å².